The molecule has 0 saturated carbocycles. The van der Waals surface area contributed by atoms with Gasteiger partial charge in [0.15, 0.2) is 0 Å². The molecule has 3 nitrogen and oxygen atoms in total. The first-order valence-corrected chi connectivity index (χ1v) is 12.7. The summed E-state index contributed by atoms with van der Waals surface area (Å²) in [5.74, 6) is 1.74. The highest BCUT2D eigenvalue weighted by Gasteiger charge is 2.32. The minimum Gasteiger partial charge on any atom is -0.492 e. The molecule has 4 heteroatoms. The quantitative estimate of drug-likeness (QED) is 0.316. The van der Waals surface area contributed by atoms with Crippen molar-refractivity contribution in [2.45, 2.75) is 85.7 Å². The Morgan fingerprint density at radius 3 is 2.00 bits per heavy atom. The molecule has 1 atom stereocenters. The van der Waals surface area contributed by atoms with E-state index in [0.717, 1.165) is 53.8 Å². The average Bonchev–Trinajstić information content (AvgIpc) is 2.75. The molecule has 2 aromatic carbocycles. The second-order valence-corrected chi connectivity index (χ2v) is 10.7. The SMILES string of the molecule is CCCCOc1ccc(C(CC)(CC)c2ccc(OCC(O)C(C)(C)C)c(C)c2)cc1Br. The van der Waals surface area contributed by atoms with Crippen molar-refractivity contribution < 1.29 is 14.6 Å². The van der Waals surface area contributed by atoms with Crippen LogP contribution in [0.2, 0.25) is 0 Å². The molecule has 178 valence electrons. The van der Waals surface area contributed by atoms with Crippen molar-refractivity contribution in [2.75, 3.05) is 13.2 Å². The van der Waals surface area contributed by atoms with Gasteiger partial charge in [0.1, 0.15) is 18.1 Å². The third-order valence-electron chi connectivity index (χ3n) is 6.57. The highest BCUT2D eigenvalue weighted by atomic mass is 79.9. The molecule has 0 radical (unpaired) electrons. The summed E-state index contributed by atoms with van der Waals surface area (Å²) in [4.78, 5) is 0. The van der Waals surface area contributed by atoms with Crippen LogP contribution >= 0.6 is 15.9 Å². The van der Waals surface area contributed by atoms with Crippen molar-refractivity contribution in [2.24, 2.45) is 5.41 Å². The van der Waals surface area contributed by atoms with Crippen molar-refractivity contribution in [3.63, 3.8) is 0 Å². The maximum absolute atomic E-state index is 10.3. The number of hydrogen-bond donors (Lipinski definition) is 1. The summed E-state index contributed by atoms with van der Waals surface area (Å²) in [6, 6.07) is 13.0. The van der Waals surface area contributed by atoms with Crippen LogP contribution in [0.4, 0.5) is 0 Å². The zero-order chi connectivity index (χ0) is 23.9. The van der Waals surface area contributed by atoms with Crippen LogP contribution in [-0.2, 0) is 5.41 Å². The summed E-state index contributed by atoms with van der Waals surface area (Å²) in [6.45, 7) is 15.9. The highest BCUT2D eigenvalue weighted by molar-refractivity contribution is 9.10. The minimum atomic E-state index is -0.512. The predicted molar refractivity (Wildman–Crippen MR) is 138 cm³/mol. The molecule has 2 aromatic rings. The van der Waals surface area contributed by atoms with Crippen molar-refractivity contribution in [3.05, 3.63) is 57.6 Å². The summed E-state index contributed by atoms with van der Waals surface area (Å²) in [7, 11) is 0. The first-order valence-electron chi connectivity index (χ1n) is 11.9. The molecule has 1 unspecified atom stereocenters. The molecule has 0 aliphatic carbocycles. The van der Waals surface area contributed by atoms with Gasteiger partial charge in [-0.3, -0.25) is 0 Å². The number of unbranched alkanes of at least 4 members (excludes halogenated alkanes) is 1. The number of aryl methyl sites for hydroxylation is 1. The van der Waals surface area contributed by atoms with Gasteiger partial charge in [-0.05, 0) is 82.4 Å². The molecule has 0 heterocycles. The molecule has 0 aliphatic rings. The summed E-state index contributed by atoms with van der Waals surface area (Å²) in [5.41, 5.74) is 3.38. The third kappa shape index (κ3) is 6.29. The van der Waals surface area contributed by atoms with Crippen LogP contribution in [0.1, 0.15) is 83.9 Å². The minimum absolute atomic E-state index is 0.0846. The maximum atomic E-state index is 10.3. The molecule has 1 N–H and O–H groups in total. The first kappa shape index (κ1) is 26.7. The van der Waals surface area contributed by atoms with Gasteiger partial charge in [-0.15, -0.1) is 0 Å². The van der Waals surface area contributed by atoms with Gasteiger partial charge in [0.2, 0.25) is 0 Å². The number of aliphatic hydroxyl groups is 1. The fourth-order valence-electron chi connectivity index (χ4n) is 4.00. The number of hydrogen-bond acceptors (Lipinski definition) is 3. The van der Waals surface area contributed by atoms with Gasteiger partial charge in [-0.25, -0.2) is 0 Å². The molecule has 0 amide bonds. The van der Waals surface area contributed by atoms with E-state index in [0.29, 0.717) is 6.61 Å². The molecule has 0 saturated heterocycles. The molecule has 0 bridgehead atoms. The van der Waals surface area contributed by atoms with Crippen molar-refractivity contribution in [3.8, 4) is 11.5 Å². The number of ether oxygens (including phenoxy) is 2. The largest absolute Gasteiger partial charge is 0.492 e. The Morgan fingerprint density at radius 2 is 1.50 bits per heavy atom. The lowest BCUT2D eigenvalue weighted by Crippen LogP contribution is -2.32. The number of aliphatic hydroxyl groups excluding tert-OH is 1. The molecular weight excluding hydrogens is 464 g/mol. The molecule has 0 fully saturated rings. The zero-order valence-corrected chi connectivity index (χ0v) is 22.5. The van der Waals surface area contributed by atoms with Gasteiger partial charge < -0.3 is 14.6 Å². The van der Waals surface area contributed by atoms with Gasteiger partial charge in [0.05, 0.1) is 17.2 Å². The van der Waals surface area contributed by atoms with Crippen LogP contribution in [0, 0.1) is 12.3 Å². The zero-order valence-electron chi connectivity index (χ0n) is 20.9. The Labute approximate surface area is 203 Å². The van der Waals surface area contributed by atoms with Crippen LogP contribution in [-0.4, -0.2) is 24.4 Å². The second-order valence-electron chi connectivity index (χ2n) is 9.81. The second kappa shape index (κ2) is 11.6. The van der Waals surface area contributed by atoms with Crippen LogP contribution in [0.15, 0.2) is 40.9 Å². The normalized spacial score (nSPS) is 13.2. The van der Waals surface area contributed by atoms with E-state index in [9.17, 15) is 5.11 Å². The number of rotatable bonds is 11. The van der Waals surface area contributed by atoms with E-state index >= 15 is 0 Å². The van der Waals surface area contributed by atoms with Crippen LogP contribution < -0.4 is 9.47 Å². The molecule has 2 rings (SSSR count). The summed E-state index contributed by atoms with van der Waals surface area (Å²) in [5, 5.41) is 10.3. The molecule has 32 heavy (non-hydrogen) atoms. The van der Waals surface area contributed by atoms with E-state index in [1.54, 1.807) is 0 Å². The summed E-state index contributed by atoms with van der Waals surface area (Å²) >= 11 is 3.73. The lowest BCUT2D eigenvalue weighted by Gasteiger charge is -2.34. The monoisotopic (exact) mass is 504 g/mol. The van der Waals surface area contributed by atoms with E-state index < -0.39 is 6.10 Å². The van der Waals surface area contributed by atoms with Crippen LogP contribution in [0.3, 0.4) is 0 Å². The third-order valence-corrected chi connectivity index (χ3v) is 7.19. The molecule has 0 spiro atoms. The fraction of sp³-hybridized carbons (Fsp3) is 0.571. The van der Waals surface area contributed by atoms with E-state index in [1.807, 2.05) is 20.8 Å². The van der Waals surface area contributed by atoms with E-state index in [4.69, 9.17) is 9.47 Å². The fourth-order valence-corrected chi connectivity index (χ4v) is 4.50. The smallest absolute Gasteiger partial charge is 0.133 e. The number of benzene rings is 2. The summed E-state index contributed by atoms with van der Waals surface area (Å²) < 4.78 is 12.9. The maximum Gasteiger partial charge on any atom is 0.133 e. The topological polar surface area (TPSA) is 38.7 Å². The Morgan fingerprint density at radius 1 is 0.906 bits per heavy atom. The van der Waals surface area contributed by atoms with Gasteiger partial charge in [0.25, 0.3) is 0 Å². The van der Waals surface area contributed by atoms with Crippen LogP contribution in [0.25, 0.3) is 0 Å². The predicted octanol–water partition coefficient (Wildman–Crippen LogP) is 7.83. The Kier molecular flexibility index (Phi) is 9.66. The molecular formula is C28H41BrO3. The Bertz CT molecular complexity index is 865. The Balaban J connectivity index is 2.31. The van der Waals surface area contributed by atoms with Crippen LogP contribution in [0.5, 0.6) is 11.5 Å². The van der Waals surface area contributed by atoms with E-state index in [-0.39, 0.29) is 10.8 Å². The highest BCUT2D eigenvalue weighted by Crippen LogP contribution is 2.42. The standard InChI is InChI=1S/C28H41BrO3/c1-8-11-16-31-25-15-13-22(18-23(25)29)28(9-2,10-3)21-12-14-24(20(4)17-21)32-19-26(30)27(5,6)7/h12-15,17-18,26,30H,8-11,16,19H2,1-7H3. The van der Waals surface area contributed by atoms with Crippen molar-refractivity contribution >= 4 is 15.9 Å². The van der Waals surface area contributed by atoms with Gasteiger partial charge in [-0.2, -0.15) is 0 Å². The molecule has 0 aromatic heterocycles. The van der Waals surface area contributed by atoms with Gasteiger partial charge in [-0.1, -0.05) is 66.2 Å². The Hall–Kier alpha value is -1.52. The lowest BCUT2D eigenvalue weighted by molar-refractivity contribution is 0.0216. The van der Waals surface area contributed by atoms with Crippen molar-refractivity contribution in [1.82, 2.24) is 0 Å². The first-order chi connectivity index (χ1) is 15.1. The van der Waals surface area contributed by atoms with Gasteiger partial charge >= 0.3 is 0 Å². The van der Waals surface area contributed by atoms with Crippen molar-refractivity contribution in [1.29, 1.82) is 0 Å². The van der Waals surface area contributed by atoms with Gasteiger partial charge in [0, 0.05) is 5.41 Å². The number of halogens is 1. The molecule has 0 aliphatic heterocycles. The van der Waals surface area contributed by atoms with E-state index in [2.05, 4.69) is 80.0 Å². The lowest BCUT2D eigenvalue weighted by atomic mass is 9.70. The average molecular weight is 506 g/mol. The summed E-state index contributed by atoms with van der Waals surface area (Å²) in [6.07, 6.45) is 3.66. The van der Waals surface area contributed by atoms with E-state index in [1.165, 1.54) is 11.1 Å².